The van der Waals surface area contributed by atoms with Gasteiger partial charge in [0.2, 0.25) is 5.95 Å². The Hall–Kier alpha value is -2.63. The highest BCUT2D eigenvalue weighted by molar-refractivity contribution is 5.79. The van der Waals surface area contributed by atoms with Crippen LogP contribution in [0.1, 0.15) is 6.92 Å². The molecule has 3 aromatic rings. The molecule has 6 heteroatoms. The number of hydrogen-bond donors (Lipinski definition) is 1. The van der Waals surface area contributed by atoms with Gasteiger partial charge in [-0.25, -0.2) is 9.67 Å². The third-order valence-corrected chi connectivity index (χ3v) is 2.70. The van der Waals surface area contributed by atoms with E-state index in [1.165, 1.54) is 4.68 Å². The zero-order valence-corrected chi connectivity index (χ0v) is 10.3. The number of rotatable bonds is 3. The first-order valence-electron chi connectivity index (χ1n) is 5.95. The molecule has 0 unspecified atom stereocenters. The fourth-order valence-electron chi connectivity index (χ4n) is 1.87. The van der Waals surface area contributed by atoms with Gasteiger partial charge in [-0.3, -0.25) is 9.78 Å². The quantitative estimate of drug-likeness (QED) is 0.770. The van der Waals surface area contributed by atoms with Crippen LogP contribution in [0.5, 0.6) is 5.75 Å². The molecule has 19 heavy (non-hydrogen) atoms. The van der Waals surface area contributed by atoms with Crippen LogP contribution in [0.15, 0.2) is 41.5 Å². The summed E-state index contributed by atoms with van der Waals surface area (Å²) in [5, 5.41) is 4.57. The Kier molecular flexibility index (Phi) is 2.75. The number of hydrogen-bond acceptors (Lipinski definition) is 4. The summed E-state index contributed by atoms with van der Waals surface area (Å²) < 4.78 is 6.92. The lowest BCUT2D eigenvalue weighted by atomic mass is 10.2. The molecule has 1 N–H and O–H groups in total. The van der Waals surface area contributed by atoms with Gasteiger partial charge in [-0.05, 0) is 25.1 Å². The predicted molar refractivity (Wildman–Crippen MR) is 70.7 cm³/mol. The van der Waals surface area contributed by atoms with E-state index in [9.17, 15) is 4.79 Å². The van der Waals surface area contributed by atoms with Crippen molar-refractivity contribution in [2.24, 2.45) is 0 Å². The molecular weight excluding hydrogens is 244 g/mol. The van der Waals surface area contributed by atoms with E-state index in [1.54, 1.807) is 36.7 Å². The van der Waals surface area contributed by atoms with Crippen molar-refractivity contribution >= 4 is 10.9 Å². The number of aromatic nitrogens is 4. The molecule has 0 radical (unpaired) electrons. The Balaban J connectivity index is 2.20. The monoisotopic (exact) mass is 256 g/mol. The Morgan fingerprint density at radius 2 is 2.32 bits per heavy atom. The lowest BCUT2D eigenvalue weighted by molar-refractivity contribution is 0.340. The molecule has 3 rings (SSSR count). The van der Waals surface area contributed by atoms with Crippen molar-refractivity contribution in [2.45, 2.75) is 6.92 Å². The van der Waals surface area contributed by atoms with E-state index in [0.29, 0.717) is 29.2 Å². The second-order valence-corrected chi connectivity index (χ2v) is 3.95. The van der Waals surface area contributed by atoms with Gasteiger partial charge < -0.3 is 4.74 Å². The third kappa shape index (κ3) is 2.08. The molecule has 96 valence electrons. The van der Waals surface area contributed by atoms with Gasteiger partial charge >= 0.3 is 0 Å². The van der Waals surface area contributed by atoms with E-state index in [4.69, 9.17) is 4.74 Å². The number of aromatic amines is 1. The number of ether oxygens (including phenoxy) is 1. The maximum atomic E-state index is 12.0. The fraction of sp³-hybridized carbons (Fsp3) is 0.154. The summed E-state index contributed by atoms with van der Waals surface area (Å²) in [7, 11) is 0. The molecule has 1 aromatic carbocycles. The van der Waals surface area contributed by atoms with Crippen molar-refractivity contribution in [1.82, 2.24) is 19.7 Å². The molecule has 0 aliphatic heterocycles. The minimum Gasteiger partial charge on any atom is -0.494 e. The lowest BCUT2D eigenvalue weighted by Gasteiger charge is -2.05. The second kappa shape index (κ2) is 4.56. The highest BCUT2D eigenvalue weighted by Gasteiger charge is 2.06. The minimum atomic E-state index is -0.196. The molecule has 0 bridgehead atoms. The molecule has 0 fully saturated rings. The Morgan fingerprint density at radius 3 is 3.05 bits per heavy atom. The van der Waals surface area contributed by atoms with Gasteiger partial charge in [0, 0.05) is 18.5 Å². The summed E-state index contributed by atoms with van der Waals surface area (Å²) in [4.78, 5) is 19.1. The summed E-state index contributed by atoms with van der Waals surface area (Å²) in [6.45, 7) is 2.48. The zero-order chi connectivity index (χ0) is 13.2. The molecular formula is C13H12N4O2. The van der Waals surface area contributed by atoms with Crippen LogP contribution in [0.25, 0.3) is 16.9 Å². The second-order valence-electron chi connectivity index (χ2n) is 3.95. The highest BCUT2D eigenvalue weighted by atomic mass is 16.5. The molecule has 0 aliphatic carbocycles. The van der Waals surface area contributed by atoms with E-state index in [1.807, 2.05) is 6.92 Å². The number of H-pyrrole nitrogens is 1. The van der Waals surface area contributed by atoms with Crippen LogP contribution in [-0.2, 0) is 0 Å². The average molecular weight is 256 g/mol. The first-order chi connectivity index (χ1) is 9.28. The van der Waals surface area contributed by atoms with Gasteiger partial charge in [-0.15, -0.1) is 0 Å². The van der Waals surface area contributed by atoms with E-state index < -0.39 is 0 Å². The van der Waals surface area contributed by atoms with Gasteiger partial charge in [0.25, 0.3) is 5.56 Å². The summed E-state index contributed by atoms with van der Waals surface area (Å²) >= 11 is 0. The van der Waals surface area contributed by atoms with E-state index in [0.717, 1.165) is 0 Å². The van der Waals surface area contributed by atoms with Crippen LogP contribution in [0.3, 0.4) is 0 Å². The van der Waals surface area contributed by atoms with Crippen molar-refractivity contribution in [1.29, 1.82) is 0 Å². The van der Waals surface area contributed by atoms with Gasteiger partial charge in [-0.1, -0.05) is 0 Å². The molecule has 0 saturated heterocycles. The van der Waals surface area contributed by atoms with E-state index in [-0.39, 0.29) is 5.56 Å². The maximum absolute atomic E-state index is 12.0. The predicted octanol–water partition coefficient (Wildman–Crippen LogP) is 1.51. The van der Waals surface area contributed by atoms with Gasteiger partial charge in [-0.2, -0.15) is 5.10 Å². The van der Waals surface area contributed by atoms with Crippen molar-refractivity contribution < 1.29 is 4.74 Å². The Bertz CT molecular complexity index is 762. The van der Waals surface area contributed by atoms with Crippen molar-refractivity contribution in [3.05, 3.63) is 47.0 Å². The summed E-state index contributed by atoms with van der Waals surface area (Å²) in [6, 6.07) is 6.98. The Morgan fingerprint density at radius 1 is 1.42 bits per heavy atom. The van der Waals surface area contributed by atoms with Gasteiger partial charge in [0.15, 0.2) is 0 Å². The number of benzene rings is 1. The molecule has 0 saturated carbocycles. The molecule has 2 aromatic heterocycles. The smallest absolute Gasteiger partial charge is 0.260 e. The van der Waals surface area contributed by atoms with Gasteiger partial charge in [0.05, 0.1) is 17.5 Å². The van der Waals surface area contributed by atoms with Crippen molar-refractivity contribution in [3.63, 3.8) is 0 Å². The van der Waals surface area contributed by atoms with Crippen LogP contribution in [0.4, 0.5) is 0 Å². The first kappa shape index (κ1) is 11.5. The van der Waals surface area contributed by atoms with Crippen LogP contribution in [0.2, 0.25) is 0 Å². The number of nitrogens with zero attached hydrogens (tertiary/aromatic N) is 3. The molecule has 0 amide bonds. The normalized spacial score (nSPS) is 10.8. The molecule has 0 aliphatic rings. The standard InChI is InChI=1S/C13H12N4O2/c1-2-19-9-4-5-10-11(8-9)15-13(16-12(10)18)17-7-3-6-14-17/h3-8H,2H2,1H3,(H,15,16,18). The van der Waals surface area contributed by atoms with E-state index in [2.05, 4.69) is 15.1 Å². The maximum Gasteiger partial charge on any atom is 0.260 e. The van der Waals surface area contributed by atoms with Gasteiger partial charge in [0.1, 0.15) is 5.75 Å². The van der Waals surface area contributed by atoms with Crippen molar-refractivity contribution in [2.75, 3.05) is 6.61 Å². The third-order valence-electron chi connectivity index (χ3n) is 2.70. The topological polar surface area (TPSA) is 72.8 Å². The molecule has 0 atom stereocenters. The fourth-order valence-corrected chi connectivity index (χ4v) is 1.87. The van der Waals surface area contributed by atoms with Crippen LogP contribution in [0, 0.1) is 0 Å². The minimum absolute atomic E-state index is 0.196. The van der Waals surface area contributed by atoms with Crippen molar-refractivity contribution in [3.8, 4) is 11.7 Å². The highest BCUT2D eigenvalue weighted by Crippen LogP contribution is 2.17. The average Bonchev–Trinajstić information content (AvgIpc) is 2.92. The van der Waals surface area contributed by atoms with Crippen LogP contribution in [-0.4, -0.2) is 26.4 Å². The largest absolute Gasteiger partial charge is 0.494 e. The molecule has 6 nitrogen and oxygen atoms in total. The summed E-state index contributed by atoms with van der Waals surface area (Å²) in [5.41, 5.74) is 0.388. The summed E-state index contributed by atoms with van der Waals surface area (Å²) in [6.07, 6.45) is 3.34. The number of nitrogens with one attached hydrogen (secondary N) is 1. The van der Waals surface area contributed by atoms with E-state index >= 15 is 0 Å². The summed E-state index contributed by atoms with van der Waals surface area (Å²) in [5.74, 6) is 1.08. The Labute approximate surface area is 108 Å². The molecule has 0 spiro atoms. The SMILES string of the molecule is CCOc1ccc2c(=O)[nH]c(-n3cccn3)nc2c1. The molecule has 2 heterocycles. The number of fused-ring (bicyclic) bond motifs is 1. The zero-order valence-electron chi connectivity index (χ0n) is 10.3. The van der Waals surface area contributed by atoms with Crippen LogP contribution < -0.4 is 10.3 Å². The first-order valence-corrected chi connectivity index (χ1v) is 5.95. The lowest BCUT2D eigenvalue weighted by Crippen LogP contribution is -2.13. The van der Waals surface area contributed by atoms with Crippen LogP contribution >= 0.6 is 0 Å².